The SMILES string of the molecule is C[C@@H]1CN(Cc2ccc([N+](=O)[O-])cc2)C[C@H](C)N1. The van der Waals surface area contributed by atoms with E-state index in [-0.39, 0.29) is 10.6 Å². The molecule has 1 aliphatic heterocycles. The standard InChI is InChI=1S/C13H19N3O2/c1-10-7-15(8-11(2)14-10)9-12-3-5-13(6-4-12)16(17)18/h3-6,10-11,14H,7-9H2,1-2H3/t10-,11+. The highest BCUT2D eigenvalue weighted by atomic mass is 16.6. The van der Waals surface area contributed by atoms with Gasteiger partial charge in [-0.15, -0.1) is 0 Å². The molecule has 0 unspecified atom stereocenters. The Morgan fingerprint density at radius 1 is 1.28 bits per heavy atom. The highest BCUT2D eigenvalue weighted by Crippen LogP contribution is 2.15. The molecule has 1 fully saturated rings. The Labute approximate surface area is 107 Å². The van der Waals surface area contributed by atoms with Crippen molar-refractivity contribution in [2.24, 2.45) is 0 Å². The van der Waals surface area contributed by atoms with E-state index in [2.05, 4.69) is 24.1 Å². The molecule has 0 saturated carbocycles. The normalized spacial score (nSPS) is 25.0. The van der Waals surface area contributed by atoms with Gasteiger partial charge >= 0.3 is 0 Å². The van der Waals surface area contributed by atoms with E-state index >= 15 is 0 Å². The molecule has 98 valence electrons. The summed E-state index contributed by atoms with van der Waals surface area (Å²) in [6.07, 6.45) is 0. The highest BCUT2D eigenvalue weighted by molar-refractivity contribution is 5.32. The van der Waals surface area contributed by atoms with Crippen LogP contribution in [0.15, 0.2) is 24.3 Å². The summed E-state index contributed by atoms with van der Waals surface area (Å²) < 4.78 is 0. The molecule has 5 heteroatoms. The molecule has 0 aromatic heterocycles. The summed E-state index contributed by atoms with van der Waals surface area (Å²) in [6, 6.07) is 7.82. The van der Waals surface area contributed by atoms with Gasteiger partial charge in [0.05, 0.1) is 4.92 Å². The van der Waals surface area contributed by atoms with Crippen molar-refractivity contribution < 1.29 is 4.92 Å². The molecule has 1 aliphatic rings. The van der Waals surface area contributed by atoms with Crippen LogP contribution in [0.4, 0.5) is 5.69 Å². The van der Waals surface area contributed by atoms with Crippen molar-refractivity contribution in [3.8, 4) is 0 Å². The van der Waals surface area contributed by atoms with Crippen LogP contribution in [0.1, 0.15) is 19.4 Å². The number of non-ortho nitro benzene ring substituents is 1. The third-order valence-electron chi connectivity index (χ3n) is 3.19. The molecule has 0 bridgehead atoms. The van der Waals surface area contributed by atoms with Crippen LogP contribution < -0.4 is 5.32 Å². The van der Waals surface area contributed by atoms with E-state index in [0.717, 1.165) is 25.2 Å². The molecule has 5 nitrogen and oxygen atoms in total. The number of benzene rings is 1. The highest BCUT2D eigenvalue weighted by Gasteiger charge is 2.20. The van der Waals surface area contributed by atoms with Crippen LogP contribution in [-0.2, 0) is 6.54 Å². The fraction of sp³-hybridized carbons (Fsp3) is 0.538. The van der Waals surface area contributed by atoms with Crippen LogP contribution in [0.5, 0.6) is 0 Å². The van der Waals surface area contributed by atoms with Crippen molar-refractivity contribution in [2.45, 2.75) is 32.5 Å². The van der Waals surface area contributed by atoms with E-state index < -0.39 is 0 Å². The molecule has 1 aromatic rings. The average molecular weight is 249 g/mol. The number of hydrogen-bond donors (Lipinski definition) is 1. The topological polar surface area (TPSA) is 58.4 Å². The number of nitrogens with one attached hydrogen (secondary N) is 1. The number of nitro benzene ring substituents is 1. The van der Waals surface area contributed by atoms with Gasteiger partial charge in [0.2, 0.25) is 0 Å². The average Bonchev–Trinajstić information content (AvgIpc) is 2.28. The van der Waals surface area contributed by atoms with Crippen molar-refractivity contribution in [3.05, 3.63) is 39.9 Å². The lowest BCUT2D eigenvalue weighted by Crippen LogP contribution is -2.53. The second kappa shape index (κ2) is 5.46. The minimum atomic E-state index is -0.362. The zero-order valence-electron chi connectivity index (χ0n) is 10.8. The largest absolute Gasteiger partial charge is 0.309 e. The van der Waals surface area contributed by atoms with Gasteiger partial charge in [0.25, 0.3) is 5.69 Å². The van der Waals surface area contributed by atoms with Gasteiger partial charge in [-0.2, -0.15) is 0 Å². The zero-order valence-corrected chi connectivity index (χ0v) is 10.8. The fourth-order valence-electron chi connectivity index (χ4n) is 2.55. The first-order valence-electron chi connectivity index (χ1n) is 6.26. The third-order valence-corrected chi connectivity index (χ3v) is 3.19. The third kappa shape index (κ3) is 3.27. The van der Waals surface area contributed by atoms with Crippen molar-refractivity contribution >= 4 is 5.69 Å². The summed E-state index contributed by atoms with van der Waals surface area (Å²) in [4.78, 5) is 12.6. The maximum atomic E-state index is 10.6. The molecule has 0 radical (unpaired) electrons. The van der Waals surface area contributed by atoms with E-state index in [9.17, 15) is 10.1 Å². The van der Waals surface area contributed by atoms with Crippen LogP contribution in [0, 0.1) is 10.1 Å². The van der Waals surface area contributed by atoms with E-state index in [1.54, 1.807) is 12.1 Å². The summed E-state index contributed by atoms with van der Waals surface area (Å²) in [6.45, 7) is 7.24. The van der Waals surface area contributed by atoms with E-state index in [4.69, 9.17) is 0 Å². The summed E-state index contributed by atoms with van der Waals surface area (Å²) in [7, 11) is 0. The van der Waals surface area contributed by atoms with E-state index in [1.807, 2.05) is 12.1 Å². The summed E-state index contributed by atoms with van der Waals surface area (Å²) >= 11 is 0. The van der Waals surface area contributed by atoms with Crippen molar-refractivity contribution in [1.29, 1.82) is 0 Å². The van der Waals surface area contributed by atoms with Gasteiger partial charge in [0, 0.05) is 43.9 Å². The molecule has 0 spiro atoms. The fourth-order valence-corrected chi connectivity index (χ4v) is 2.55. The van der Waals surface area contributed by atoms with Crippen LogP contribution in [0.25, 0.3) is 0 Å². The smallest absolute Gasteiger partial charge is 0.269 e. The molecule has 1 N–H and O–H groups in total. The van der Waals surface area contributed by atoms with Gasteiger partial charge in [-0.3, -0.25) is 15.0 Å². The van der Waals surface area contributed by atoms with Crippen molar-refractivity contribution in [3.63, 3.8) is 0 Å². The Morgan fingerprint density at radius 2 is 1.83 bits per heavy atom. The first-order valence-corrected chi connectivity index (χ1v) is 6.26. The molecule has 1 aromatic carbocycles. The number of hydrogen-bond acceptors (Lipinski definition) is 4. The Balaban J connectivity index is 1.98. The maximum absolute atomic E-state index is 10.6. The van der Waals surface area contributed by atoms with Crippen LogP contribution in [0.3, 0.4) is 0 Å². The molecule has 2 atom stereocenters. The molecule has 1 saturated heterocycles. The predicted octanol–water partition coefficient (Wildman–Crippen LogP) is 1.78. The second-order valence-electron chi connectivity index (χ2n) is 5.09. The van der Waals surface area contributed by atoms with Gasteiger partial charge in [0.15, 0.2) is 0 Å². The molecule has 2 rings (SSSR count). The quantitative estimate of drug-likeness (QED) is 0.655. The van der Waals surface area contributed by atoms with Crippen molar-refractivity contribution in [2.75, 3.05) is 13.1 Å². The van der Waals surface area contributed by atoms with Gasteiger partial charge in [0.1, 0.15) is 0 Å². The number of nitrogens with zero attached hydrogens (tertiary/aromatic N) is 2. The monoisotopic (exact) mass is 249 g/mol. The lowest BCUT2D eigenvalue weighted by Gasteiger charge is -2.36. The molecule has 0 aliphatic carbocycles. The van der Waals surface area contributed by atoms with Crippen LogP contribution in [0.2, 0.25) is 0 Å². The number of nitro groups is 1. The van der Waals surface area contributed by atoms with E-state index in [0.29, 0.717) is 12.1 Å². The van der Waals surface area contributed by atoms with Gasteiger partial charge in [-0.05, 0) is 19.4 Å². The molecule has 18 heavy (non-hydrogen) atoms. The summed E-state index contributed by atoms with van der Waals surface area (Å²) in [5, 5.41) is 14.1. The van der Waals surface area contributed by atoms with Gasteiger partial charge < -0.3 is 5.32 Å². The lowest BCUT2D eigenvalue weighted by atomic mass is 10.1. The van der Waals surface area contributed by atoms with Crippen LogP contribution in [-0.4, -0.2) is 35.0 Å². The Kier molecular flexibility index (Phi) is 3.93. The molecular weight excluding hydrogens is 230 g/mol. The Hall–Kier alpha value is -1.46. The van der Waals surface area contributed by atoms with Gasteiger partial charge in [-0.25, -0.2) is 0 Å². The van der Waals surface area contributed by atoms with Crippen molar-refractivity contribution in [1.82, 2.24) is 10.2 Å². The second-order valence-corrected chi connectivity index (χ2v) is 5.09. The minimum Gasteiger partial charge on any atom is -0.309 e. The van der Waals surface area contributed by atoms with E-state index in [1.165, 1.54) is 0 Å². The lowest BCUT2D eigenvalue weighted by molar-refractivity contribution is -0.384. The predicted molar refractivity (Wildman–Crippen MR) is 70.4 cm³/mol. The minimum absolute atomic E-state index is 0.154. The molecule has 1 heterocycles. The van der Waals surface area contributed by atoms with Crippen LogP contribution >= 0.6 is 0 Å². The Bertz CT molecular complexity index is 409. The van der Waals surface area contributed by atoms with Gasteiger partial charge in [-0.1, -0.05) is 12.1 Å². The summed E-state index contributed by atoms with van der Waals surface area (Å²) in [5.74, 6) is 0. The summed E-state index contributed by atoms with van der Waals surface area (Å²) in [5.41, 5.74) is 1.28. The molecule has 0 amide bonds. The first-order chi connectivity index (χ1) is 8.54. The molecular formula is C13H19N3O2. The Morgan fingerprint density at radius 3 is 2.33 bits per heavy atom. The zero-order chi connectivity index (χ0) is 13.1. The maximum Gasteiger partial charge on any atom is 0.269 e. The number of rotatable bonds is 3. The number of piperazine rings is 1. The first kappa shape index (κ1) is 13.0.